The second-order valence-corrected chi connectivity index (χ2v) is 6.93. The summed E-state index contributed by atoms with van der Waals surface area (Å²) in [5.74, 6) is -0.189. The summed E-state index contributed by atoms with van der Waals surface area (Å²) in [5.41, 5.74) is 1.04. The Hall–Kier alpha value is -2.85. The van der Waals surface area contributed by atoms with Gasteiger partial charge in [0, 0.05) is 5.69 Å². The van der Waals surface area contributed by atoms with Crippen LogP contribution in [0.5, 0.6) is 0 Å². The molecule has 130 valence electrons. The van der Waals surface area contributed by atoms with E-state index >= 15 is 0 Å². The van der Waals surface area contributed by atoms with E-state index in [1.54, 1.807) is 30.0 Å². The van der Waals surface area contributed by atoms with Crippen molar-refractivity contribution in [1.82, 2.24) is 4.98 Å². The number of nitrogens with zero attached hydrogens (tertiary/aromatic N) is 4. The van der Waals surface area contributed by atoms with Gasteiger partial charge in [-0.05, 0) is 68.2 Å². The number of halogens is 1. The highest BCUT2D eigenvalue weighted by Gasteiger charge is 2.59. The molecule has 1 aliphatic heterocycles. The van der Waals surface area contributed by atoms with Crippen molar-refractivity contribution in [1.29, 1.82) is 0 Å². The number of hydrogen-bond acceptors (Lipinski definition) is 3. The Balaban J connectivity index is 1.81. The molecular weight excluding hydrogens is 351 g/mol. The number of rotatable bonds is 2. The molecule has 0 bridgehead atoms. The molecule has 1 saturated heterocycles. The maximum absolute atomic E-state index is 13.8. The normalized spacial score (nSPS) is 18.2. The van der Waals surface area contributed by atoms with Gasteiger partial charge in [-0.2, -0.15) is 0 Å². The minimum absolute atomic E-state index is 0.116. The van der Waals surface area contributed by atoms with Crippen LogP contribution < -0.4 is 9.80 Å². The van der Waals surface area contributed by atoms with Crippen LogP contribution in [0.25, 0.3) is 4.85 Å². The largest absolute Gasteiger partial charge is 0.360 e. The van der Waals surface area contributed by atoms with E-state index in [9.17, 15) is 9.18 Å². The van der Waals surface area contributed by atoms with Crippen molar-refractivity contribution in [3.8, 4) is 0 Å². The van der Waals surface area contributed by atoms with Crippen molar-refractivity contribution in [2.75, 3.05) is 9.80 Å². The van der Waals surface area contributed by atoms with E-state index in [0.717, 1.165) is 6.42 Å². The fourth-order valence-electron chi connectivity index (χ4n) is 3.62. The van der Waals surface area contributed by atoms with Crippen LogP contribution in [0.2, 0.25) is 0 Å². The maximum Gasteiger partial charge on any atom is 0.272 e. The molecule has 2 aliphatic rings. The molecule has 4 rings (SSSR count). The lowest BCUT2D eigenvalue weighted by Crippen LogP contribution is -2.55. The molecule has 26 heavy (non-hydrogen) atoms. The molecule has 0 radical (unpaired) electrons. The predicted octanol–water partition coefficient (Wildman–Crippen LogP) is 4.14. The molecule has 1 aliphatic carbocycles. The SMILES string of the molecule is [C-]#[N+]c1ncc(N2C(=O)C3(CCC3)N(c3cccc(F)c3)C2=S)cc1C. The van der Waals surface area contributed by atoms with Crippen molar-refractivity contribution in [3.05, 3.63) is 59.3 Å². The van der Waals surface area contributed by atoms with E-state index in [0.29, 0.717) is 40.7 Å². The first kappa shape index (κ1) is 16.6. The van der Waals surface area contributed by atoms with Gasteiger partial charge in [-0.25, -0.2) is 4.39 Å². The van der Waals surface area contributed by atoms with Gasteiger partial charge >= 0.3 is 0 Å². The van der Waals surface area contributed by atoms with E-state index in [4.69, 9.17) is 18.8 Å². The molecule has 2 fully saturated rings. The first-order valence-corrected chi connectivity index (χ1v) is 8.67. The van der Waals surface area contributed by atoms with Crippen molar-refractivity contribution < 1.29 is 9.18 Å². The number of carbonyl (C=O) groups is 1. The van der Waals surface area contributed by atoms with Crippen LogP contribution in [0.1, 0.15) is 24.8 Å². The van der Waals surface area contributed by atoms with Crippen LogP contribution in [0.4, 0.5) is 21.6 Å². The monoisotopic (exact) mass is 366 g/mol. The molecule has 1 aromatic carbocycles. The summed E-state index contributed by atoms with van der Waals surface area (Å²) < 4.78 is 13.8. The van der Waals surface area contributed by atoms with Gasteiger partial charge in [-0.15, -0.1) is 4.98 Å². The standard InChI is InChI=1S/C19H15FN4OS/c1-12-9-15(11-22-16(12)21-2)23-17(25)19(7-4-8-19)24(18(23)26)14-6-3-5-13(20)10-14/h3,5-6,9-11H,4,7-8H2,1H3. The molecule has 0 N–H and O–H groups in total. The minimum Gasteiger partial charge on any atom is -0.360 e. The second-order valence-electron chi connectivity index (χ2n) is 6.57. The quantitative estimate of drug-likeness (QED) is 0.592. The lowest BCUT2D eigenvalue weighted by molar-refractivity contribution is -0.123. The van der Waals surface area contributed by atoms with Gasteiger partial charge in [0.25, 0.3) is 11.7 Å². The van der Waals surface area contributed by atoms with Gasteiger partial charge in [0.15, 0.2) is 5.11 Å². The molecule has 0 atom stereocenters. The van der Waals surface area contributed by atoms with E-state index in [2.05, 4.69) is 9.83 Å². The molecule has 1 amide bonds. The van der Waals surface area contributed by atoms with Gasteiger partial charge < -0.3 is 9.74 Å². The second kappa shape index (κ2) is 5.85. The van der Waals surface area contributed by atoms with Crippen LogP contribution in [-0.4, -0.2) is 21.5 Å². The Bertz CT molecular complexity index is 980. The Kier molecular flexibility index (Phi) is 3.74. The third-order valence-corrected chi connectivity index (χ3v) is 5.42. The van der Waals surface area contributed by atoms with Crippen molar-refractivity contribution in [2.45, 2.75) is 31.7 Å². The zero-order valence-corrected chi connectivity index (χ0v) is 14.9. The Morgan fingerprint density at radius 2 is 2.08 bits per heavy atom. The molecule has 2 heterocycles. The molecule has 1 spiro atoms. The zero-order chi connectivity index (χ0) is 18.5. The lowest BCUT2D eigenvalue weighted by atomic mass is 9.75. The number of anilines is 2. The van der Waals surface area contributed by atoms with Crippen LogP contribution >= 0.6 is 12.2 Å². The minimum atomic E-state index is -0.753. The maximum atomic E-state index is 13.8. The molecule has 5 nitrogen and oxygen atoms in total. The van der Waals surface area contributed by atoms with Crippen molar-refractivity contribution in [2.24, 2.45) is 0 Å². The number of aryl methyl sites for hydroxylation is 1. The molecule has 2 aromatic rings. The molecule has 0 unspecified atom stereocenters. The van der Waals surface area contributed by atoms with E-state index < -0.39 is 5.54 Å². The first-order valence-electron chi connectivity index (χ1n) is 8.26. The van der Waals surface area contributed by atoms with Crippen molar-refractivity contribution in [3.63, 3.8) is 0 Å². The zero-order valence-electron chi connectivity index (χ0n) is 14.1. The third-order valence-electron chi connectivity index (χ3n) is 5.06. The summed E-state index contributed by atoms with van der Waals surface area (Å²) in [6.45, 7) is 8.90. The number of thiocarbonyl (C=S) groups is 1. The van der Waals surface area contributed by atoms with Crippen LogP contribution in [0.3, 0.4) is 0 Å². The highest BCUT2D eigenvalue weighted by atomic mass is 32.1. The number of aromatic nitrogens is 1. The van der Waals surface area contributed by atoms with E-state index in [1.165, 1.54) is 23.2 Å². The summed E-state index contributed by atoms with van der Waals surface area (Å²) in [6, 6.07) is 7.88. The Morgan fingerprint density at radius 1 is 1.31 bits per heavy atom. The predicted molar refractivity (Wildman–Crippen MR) is 101 cm³/mol. The molecule has 1 saturated carbocycles. The fourth-order valence-corrected chi connectivity index (χ4v) is 4.08. The number of carbonyl (C=O) groups excluding carboxylic acids is 1. The molecule has 7 heteroatoms. The average molecular weight is 366 g/mol. The fraction of sp³-hybridized carbons (Fsp3) is 0.263. The Labute approximate surface area is 155 Å². The Morgan fingerprint density at radius 3 is 2.65 bits per heavy atom. The summed E-state index contributed by atoms with van der Waals surface area (Å²) >= 11 is 5.62. The highest BCUT2D eigenvalue weighted by Crippen LogP contribution is 2.47. The first-order chi connectivity index (χ1) is 12.5. The van der Waals surface area contributed by atoms with Gasteiger partial charge in [-0.3, -0.25) is 9.69 Å². The third kappa shape index (κ3) is 2.22. The van der Waals surface area contributed by atoms with Gasteiger partial charge in [0.05, 0.1) is 5.69 Å². The number of benzene rings is 1. The van der Waals surface area contributed by atoms with Crippen LogP contribution in [0.15, 0.2) is 36.5 Å². The van der Waals surface area contributed by atoms with Gasteiger partial charge in [0.2, 0.25) is 0 Å². The average Bonchev–Trinajstić information content (AvgIpc) is 2.82. The van der Waals surface area contributed by atoms with E-state index in [-0.39, 0.29) is 11.7 Å². The topological polar surface area (TPSA) is 40.8 Å². The molecule has 1 aromatic heterocycles. The van der Waals surface area contributed by atoms with Gasteiger partial charge in [-0.1, -0.05) is 12.6 Å². The summed E-state index contributed by atoms with van der Waals surface area (Å²) in [7, 11) is 0. The van der Waals surface area contributed by atoms with E-state index in [1.807, 2.05) is 0 Å². The summed E-state index contributed by atoms with van der Waals surface area (Å²) in [4.78, 5) is 24.0. The van der Waals surface area contributed by atoms with Gasteiger partial charge in [0.1, 0.15) is 17.6 Å². The summed E-state index contributed by atoms with van der Waals surface area (Å²) in [6.07, 6.45) is 3.75. The van der Waals surface area contributed by atoms with Crippen LogP contribution in [0, 0.1) is 19.3 Å². The number of amides is 1. The van der Waals surface area contributed by atoms with Crippen molar-refractivity contribution >= 4 is 40.4 Å². The smallest absolute Gasteiger partial charge is 0.272 e. The summed E-state index contributed by atoms with van der Waals surface area (Å²) in [5, 5.41) is 0.317. The lowest BCUT2D eigenvalue weighted by Gasteiger charge is -2.43. The molecular formula is C19H15FN4OS. The highest BCUT2D eigenvalue weighted by molar-refractivity contribution is 7.81. The number of hydrogen-bond donors (Lipinski definition) is 0. The number of pyridine rings is 1. The van der Waals surface area contributed by atoms with Crippen LogP contribution in [-0.2, 0) is 4.79 Å².